The third kappa shape index (κ3) is 4.61. The van der Waals surface area contributed by atoms with E-state index in [1.54, 1.807) is 23.2 Å². The number of benzene rings is 1. The Labute approximate surface area is 197 Å². The Morgan fingerprint density at radius 3 is 2.79 bits per heavy atom. The second kappa shape index (κ2) is 9.65. The molecule has 0 unspecified atom stereocenters. The van der Waals surface area contributed by atoms with Crippen molar-refractivity contribution < 1.29 is 18.7 Å². The molecule has 1 aromatic heterocycles. The fourth-order valence-electron chi connectivity index (χ4n) is 5.38. The highest BCUT2D eigenvalue weighted by Gasteiger charge is 2.42. The minimum Gasteiger partial charge on any atom is -0.378 e. The van der Waals surface area contributed by atoms with Crippen LogP contribution in [0.2, 0.25) is 0 Å². The van der Waals surface area contributed by atoms with Gasteiger partial charge in [0.05, 0.1) is 48.7 Å². The Balaban J connectivity index is 1.23. The summed E-state index contributed by atoms with van der Waals surface area (Å²) < 4.78 is 21.7. The van der Waals surface area contributed by atoms with Gasteiger partial charge >= 0.3 is 0 Å². The van der Waals surface area contributed by atoms with Gasteiger partial charge in [0, 0.05) is 31.7 Å². The van der Waals surface area contributed by atoms with Gasteiger partial charge in [-0.15, -0.1) is 0 Å². The third-order valence-corrected chi connectivity index (χ3v) is 7.23. The van der Waals surface area contributed by atoms with E-state index in [4.69, 9.17) is 4.74 Å². The van der Waals surface area contributed by atoms with Gasteiger partial charge in [-0.3, -0.25) is 9.59 Å². The number of fused-ring (bicyclic) bond motifs is 2. The Hall–Kier alpha value is -3.09. The number of morpholine rings is 1. The predicted octanol–water partition coefficient (Wildman–Crippen LogP) is 2.27. The summed E-state index contributed by atoms with van der Waals surface area (Å²) in [5.41, 5.74) is 1.31. The number of halogens is 1. The Morgan fingerprint density at radius 2 is 2.12 bits per heavy atom. The molecule has 3 aliphatic rings. The van der Waals surface area contributed by atoms with Gasteiger partial charge in [0.25, 0.3) is 5.91 Å². The molecule has 2 saturated heterocycles. The minimum atomic E-state index is -0.573. The first-order valence-corrected chi connectivity index (χ1v) is 11.9. The van der Waals surface area contributed by atoms with Crippen molar-refractivity contribution in [3.8, 4) is 11.8 Å². The second-order valence-corrected chi connectivity index (χ2v) is 9.47. The summed E-state index contributed by atoms with van der Waals surface area (Å²) >= 11 is 0. The van der Waals surface area contributed by atoms with Crippen LogP contribution in [0.15, 0.2) is 30.6 Å². The van der Waals surface area contributed by atoms with Gasteiger partial charge in [-0.1, -0.05) is 6.07 Å². The van der Waals surface area contributed by atoms with Crippen LogP contribution in [0.5, 0.6) is 0 Å². The van der Waals surface area contributed by atoms with Crippen molar-refractivity contribution in [2.45, 2.75) is 44.2 Å². The first kappa shape index (κ1) is 22.7. The van der Waals surface area contributed by atoms with Gasteiger partial charge in [0.2, 0.25) is 0 Å². The highest BCUT2D eigenvalue weighted by molar-refractivity contribution is 5.93. The number of nitrogens with zero attached hydrogens (tertiary/aromatic N) is 4. The number of hydrogen-bond donors (Lipinski definition) is 1. The van der Waals surface area contributed by atoms with E-state index in [1.807, 2.05) is 0 Å². The van der Waals surface area contributed by atoms with E-state index >= 15 is 0 Å². The van der Waals surface area contributed by atoms with E-state index in [9.17, 15) is 19.2 Å². The number of hydrogen-bond acceptors (Lipinski definition) is 6. The molecule has 34 heavy (non-hydrogen) atoms. The SMILES string of the molecule is N#C[C@@H](CC(=O)[C@H]1N[C@@H]2CC[C@H]1C2)Cc1ccc(-n2cc(C(=O)N3CCOCC3)cn2)cc1F. The number of piperidine rings is 1. The third-order valence-electron chi connectivity index (χ3n) is 7.23. The van der Waals surface area contributed by atoms with E-state index < -0.39 is 11.7 Å². The maximum absolute atomic E-state index is 14.9. The normalized spacial score (nSPS) is 24.7. The zero-order chi connectivity index (χ0) is 23.7. The van der Waals surface area contributed by atoms with Gasteiger partial charge in [0.15, 0.2) is 5.78 Å². The molecule has 178 valence electrons. The molecule has 8 nitrogen and oxygen atoms in total. The molecule has 1 aromatic carbocycles. The summed E-state index contributed by atoms with van der Waals surface area (Å²) in [7, 11) is 0. The molecule has 1 saturated carbocycles. The van der Waals surface area contributed by atoms with E-state index in [1.165, 1.54) is 16.9 Å². The van der Waals surface area contributed by atoms with Gasteiger partial charge in [-0.25, -0.2) is 9.07 Å². The van der Waals surface area contributed by atoms with Crippen molar-refractivity contribution >= 4 is 11.7 Å². The summed E-state index contributed by atoms with van der Waals surface area (Å²) in [5, 5.41) is 17.2. The molecule has 3 heterocycles. The molecule has 2 aliphatic heterocycles. The summed E-state index contributed by atoms with van der Waals surface area (Å²) in [6.45, 7) is 2.10. The van der Waals surface area contributed by atoms with Gasteiger partial charge < -0.3 is 15.0 Å². The van der Waals surface area contributed by atoms with Crippen molar-refractivity contribution in [1.29, 1.82) is 5.26 Å². The molecule has 3 fully saturated rings. The van der Waals surface area contributed by atoms with Crippen LogP contribution < -0.4 is 5.32 Å². The topological polar surface area (TPSA) is 100 Å². The van der Waals surface area contributed by atoms with Crippen LogP contribution in [0.1, 0.15) is 41.6 Å². The van der Waals surface area contributed by atoms with Crippen LogP contribution in [0, 0.1) is 29.0 Å². The van der Waals surface area contributed by atoms with Crippen molar-refractivity contribution in [2.24, 2.45) is 11.8 Å². The van der Waals surface area contributed by atoms with Crippen molar-refractivity contribution in [3.05, 3.63) is 47.5 Å². The number of rotatable bonds is 7. The number of amides is 1. The molecular weight excluding hydrogens is 437 g/mol. The van der Waals surface area contributed by atoms with Crippen LogP contribution in [-0.4, -0.2) is 64.8 Å². The average Bonchev–Trinajstić information content (AvgIpc) is 3.62. The molecule has 0 radical (unpaired) electrons. The van der Waals surface area contributed by atoms with Crippen LogP contribution >= 0.6 is 0 Å². The largest absolute Gasteiger partial charge is 0.378 e. The van der Waals surface area contributed by atoms with Crippen LogP contribution in [-0.2, 0) is 16.0 Å². The van der Waals surface area contributed by atoms with Crippen molar-refractivity contribution in [3.63, 3.8) is 0 Å². The zero-order valence-corrected chi connectivity index (χ0v) is 19.0. The first-order chi connectivity index (χ1) is 16.5. The van der Waals surface area contributed by atoms with E-state index in [0.29, 0.717) is 55.1 Å². The number of aromatic nitrogens is 2. The van der Waals surface area contributed by atoms with E-state index in [0.717, 1.165) is 19.3 Å². The molecule has 5 rings (SSSR count). The lowest BCUT2D eigenvalue weighted by molar-refractivity contribution is -0.122. The van der Waals surface area contributed by atoms with E-state index in [2.05, 4.69) is 16.5 Å². The maximum Gasteiger partial charge on any atom is 0.257 e. The molecular formula is C25H28FN5O3. The fraction of sp³-hybridized carbons (Fsp3) is 0.520. The number of ketones is 1. The lowest BCUT2D eigenvalue weighted by atomic mass is 9.88. The molecule has 9 heteroatoms. The average molecular weight is 466 g/mol. The monoisotopic (exact) mass is 465 g/mol. The number of nitriles is 1. The zero-order valence-electron chi connectivity index (χ0n) is 19.0. The van der Waals surface area contributed by atoms with Gasteiger partial charge in [-0.2, -0.15) is 10.4 Å². The smallest absolute Gasteiger partial charge is 0.257 e. The van der Waals surface area contributed by atoms with Gasteiger partial charge in [0.1, 0.15) is 5.82 Å². The summed E-state index contributed by atoms with van der Waals surface area (Å²) in [4.78, 5) is 27.1. The Bertz CT molecular complexity index is 1120. The molecule has 1 N–H and O–H groups in total. The molecule has 1 amide bonds. The van der Waals surface area contributed by atoms with Crippen molar-refractivity contribution in [1.82, 2.24) is 20.0 Å². The molecule has 0 spiro atoms. The van der Waals surface area contributed by atoms with Crippen LogP contribution in [0.25, 0.3) is 5.69 Å². The minimum absolute atomic E-state index is 0.0600. The number of ether oxygens (including phenoxy) is 1. The Kier molecular flexibility index (Phi) is 6.44. The Morgan fingerprint density at radius 1 is 1.29 bits per heavy atom. The molecule has 2 aromatic rings. The predicted molar refractivity (Wildman–Crippen MR) is 121 cm³/mol. The number of carbonyl (C=O) groups excluding carboxylic acids is 2. The molecule has 2 bridgehead atoms. The lowest BCUT2D eigenvalue weighted by Gasteiger charge is -2.26. The lowest BCUT2D eigenvalue weighted by Crippen LogP contribution is -2.42. The highest BCUT2D eigenvalue weighted by atomic mass is 19.1. The fourth-order valence-corrected chi connectivity index (χ4v) is 5.38. The van der Waals surface area contributed by atoms with Gasteiger partial charge in [-0.05, 0) is 49.3 Å². The maximum atomic E-state index is 14.9. The summed E-state index contributed by atoms with van der Waals surface area (Å²) in [6.07, 6.45) is 6.59. The van der Waals surface area contributed by atoms with E-state index in [-0.39, 0.29) is 30.6 Å². The standard InChI is InChI=1S/C25H28FN5O3/c26-22-12-21(31-15-19(14-28-31)25(33)30-5-7-34-8-6-30)4-2-17(22)9-16(13-27)10-23(32)24-18-1-3-20(11-18)29-24/h2,4,12,14-16,18,20,24,29H,1,3,5-11H2/t16-,18+,20-,24+/m1/s1. The van der Waals surface area contributed by atoms with Crippen LogP contribution in [0.3, 0.4) is 0 Å². The molecule has 4 atom stereocenters. The first-order valence-electron chi connectivity index (χ1n) is 11.9. The number of nitrogens with one attached hydrogen (secondary N) is 1. The quantitative estimate of drug-likeness (QED) is 0.673. The molecule has 1 aliphatic carbocycles. The van der Waals surface area contributed by atoms with Crippen molar-refractivity contribution in [2.75, 3.05) is 26.3 Å². The number of Topliss-reactive ketones (excluding diaryl/α,β-unsaturated/α-hetero) is 1. The summed E-state index contributed by atoms with van der Waals surface area (Å²) in [5.74, 6) is -0.721. The highest BCUT2D eigenvalue weighted by Crippen LogP contribution is 2.36. The second-order valence-electron chi connectivity index (χ2n) is 9.47. The summed E-state index contributed by atoms with van der Waals surface area (Å²) in [6, 6.07) is 7.14. The van der Waals surface area contributed by atoms with Crippen LogP contribution in [0.4, 0.5) is 4.39 Å². The number of carbonyl (C=O) groups is 2.